The van der Waals surface area contributed by atoms with Crippen molar-refractivity contribution < 1.29 is 62.0 Å². The minimum absolute atomic E-state index is 0. The summed E-state index contributed by atoms with van der Waals surface area (Å²) in [7, 11) is -5.08. The number of carbonyl (C=O) groups is 2. The van der Waals surface area contributed by atoms with Crippen molar-refractivity contribution in [1.82, 2.24) is 0 Å². The molecule has 0 fully saturated rings. The summed E-state index contributed by atoms with van der Waals surface area (Å²) in [4.78, 5) is 22.0. The monoisotopic (exact) mass is 330 g/mol. The number of rotatable bonds is 10. The summed E-state index contributed by atoms with van der Waals surface area (Å²) < 4.78 is 36.9. The fraction of sp³-hybridized carbons (Fsp3) is 0.667. The minimum Gasteiger partial charge on any atom is -0.747 e. The summed E-state index contributed by atoms with van der Waals surface area (Å²) in [6, 6.07) is 0. The summed E-state index contributed by atoms with van der Waals surface area (Å²) in [5.74, 6) is -2.77. The molecule has 0 aromatic heterocycles. The Labute approximate surface area is 146 Å². The van der Waals surface area contributed by atoms with E-state index < -0.39 is 33.7 Å². The van der Waals surface area contributed by atoms with Crippen LogP contribution in [0.4, 0.5) is 0 Å². The first-order valence-electron chi connectivity index (χ1n) is 6.16. The van der Waals surface area contributed by atoms with Gasteiger partial charge in [-0.1, -0.05) is 19.4 Å². The largest absolute Gasteiger partial charge is 1.00 e. The molecule has 0 heterocycles. The number of carboxylic acids is 1. The van der Waals surface area contributed by atoms with Gasteiger partial charge in [-0.15, -0.1) is 6.58 Å². The molecule has 0 saturated heterocycles. The molecule has 0 rings (SSSR count). The standard InChI is InChI=1S/C12H20O7S.Na/c1-3-5-6-9(4-2)8-19-11(13)7-10(12(14)15)20(16,17)18;/h3,9-10H,1,4-8H2,2H3,(H,14,15)(H,16,17,18);/q;+1/p-1/t9-,10?;/m1./s1. The molecule has 0 aliphatic rings. The van der Waals surface area contributed by atoms with Crippen LogP contribution >= 0.6 is 0 Å². The first-order chi connectivity index (χ1) is 9.22. The van der Waals surface area contributed by atoms with Crippen LogP contribution in [0.25, 0.3) is 0 Å². The molecule has 1 N–H and O–H groups in total. The van der Waals surface area contributed by atoms with Gasteiger partial charge < -0.3 is 14.4 Å². The fourth-order valence-corrected chi connectivity index (χ4v) is 2.08. The molecule has 21 heavy (non-hydrogen) atoms. The SMILES string of the molecule is C=CCC[C@@H](CC)COC(=O)CC(C(=O)O)S(=O)(=O)[O-].[Na+]. The van der Waals surface area contributed by atoms with E-state index in [9.17, 15) is 22.6 Å². The third-order valence-electron chi connectivity index (χ3n) is 2.81. The summed E-state index contributed by atoms with van der Waals surface area (Å²) in [6.45, 7) is 5.54. The molecule has 116 valence electrons. The summed E-state index contributed by atoms with van der Waals surface area (Å²) in [6.07, 6.45) is 3.02. The van der Waals surface area contributed by atoms with Gasteiger partial charge in [-0.25, -0.2) is 8.42 Å². The molecule has 0 aromatic rings. The van der Waals surface area contributed by atoms with Crippen LogP contribution in [-0.2, 0) is 24.4 Å². The number of esters is 1. The van der Waals surface area contributed by atoms with E-state index in [0.717, 1.165) is 19.3 Å². The Bertz CT molecular complexity index is 447. The first-order valence-corrected chi connectivity index (χ1v) is 7.63. The number of carboxylic acid groups (broad SMARTS) is 1. The Hall–Kier alpha value is -0.410. The third-order valence-corrected chi connectivity index (χ3v) is 3.88. The molecule has 0 bridgehead atoms. The predicted octanol–water partition coefficient (Wildman–Crippen LogP) is -2.09. The van der Waals surface area contributed by atoms with Crippen molar-refractivity contribution in [3.8, 4) is 0 Å². The molecule has 0 aliphatic carbocycles. The Kier molecular flexibility index (Phi) is 12.2. The van der Waals surface area contributed by atoms with E-state index >= 15 is 0 Å². The van der Waals surface area contributed by atoms with Gasteiger partial charge in [0.25, 0.3) is 0 Å². The van der Waals surface area contributed by atoms with Crippen molar-refractivity contribution in [2.75, 3.05) is 6.61 Å². The number of hydrogen-bond donors (Lipinski definition) is 1. The van der Waals surface area contributed by atoms with Gasteiger partial charge in [0.1, 0.15) is 10.1 Å². The normalized spacial score (nSPS) is 13.6. The number of allylic oxidation sites excluding steroid dienone is 1. The fourth-order valence-electron chi connectivity index (χ4n) is 1.49. The topological polar surface area (TPSA) is 121 Å². The van der Waals surface area contributed by atoms with Gasteiger partial charge in [-0.3, -0.25) is 9.59 Å². The summed E-state index contributed by atoms with van der Waals surface area (Å²) >= 11 is 0. The molecule has 0 spiro atoms. The maximum absolute atomic E-state index is 11.4. The average molecular weight is 330 g/mol. The molecule has 1 unspecified atom stereocenters. The third kappa shape index (κ3) is 10.0. The van der Waals surface area contributed by atoms with Gasteiger partial charge in [-0.2, -0.15) is 0 Å². The number of hydrogen-bond acceptors (Lipinski definition) is 6. The minimum atomic E-state index is -5.08. The van der Waals surface area contributed by atoms with Gasteiger partial charge >= 0.3 is 41.5 Å². The van der Waals surface area contributed by atoms with Crippen LogP contribution < -0.4 is 29.6 Å². The van der Waals surface area contributed by atoms with Crippen molar-refractivity contribution >= 4 is 22.1 Å². The van der Waals surface area contributed by atoms with Crippen LogP contribution in [0.15, 0.2) is 12.7 Å². The van der Waals surface area contributed by atoms with Crippen LogP contribution in [0, 0.1) is 5.92 Å². The zero-order valence-electron chi connectivity index (χ0n) is 12.3. The summed E-state index contributed by atoms with van der Waals surface area (Å²) in [5.41, 5.74) is 0. The molecule has 0 amide bonds. The Morgan fingerprint density at radius 2 is 2.00 bits per heavy atom. The van der Waals surface area contributed by atoms with Gasteiger partial charge in [0, 0.05) is 0 Å². The van der Waals surface area contributed by atoms with Crippen LogP contribution in [0.1, 0.15) is 32.6 Å². The zero-order valence-corrected chi connectivity index (χ0v) is 15.1. The molecule has 9 heteroatoms. The second-order valence-electron chi connectivity index (χ2n) is 4.35. The van der Waals surface area contributed by atoms with E-state index in [2.05, 4.69) is 6.58 Å². The quantitative estimate of drug-likeness (QED) is 0.211. The van der Waals surface area contributed by atoms with Crippen molar-refractivity contribution in [1.29, 1.82) is 0 Å². The van der Waals surface area contributed by atoms with Crippen LogP contribution in [-0.4, -0.2) is 41.9 Å². The molecule has 0 aliphatic heterocycles. The van der Waals surface area contributed by atoms with Gasteiger partial charge in [0.15, 0.2) is 5.25 Å². The zero-order chi connectivity index (χ0) is 15.8. The second kappa shape index (κ2) is 11.2. The second-order valence-corrected chi connectivity index (χ2v) is 5.90. The number of aliphatic carboxylic acids is 1. The van der Waals surface area contributed by atoms with Crippen molar-refractivity contribution in [2.24, 2.45) is 5.92 Å². The van der Waals surface area contributed by atoms with Crippen molar-refractivity contribution in [3.63, 3.8) is 0 Å². The molecule has 0 radical (unpaired) electrons. The molecule has 0 saturated carbocycles. The maximum atomic E-state index is 11.4. The summed E-state index contributed by atoms with van der Waals surface area (Å²) in [5, 5.41) is 6.30. The van der Waals surface area contributed by atoms with Crippen LogP contribution in [0.2, 0.25) is 0 Å². The Morgan fingerprint density at radius 3 is 2.38 bits per heavy atom. The smallest absolute Gasteiger partial charge is 0.747 e. The molecule has 2 atom stereocenters. The van der Waals surface area contributed by atoms with Crippen LogP contribution in [0.5, 0.6) is 0 Å². The van der Waals surface area contributed by atoms with E-state index in [-0.39, 0.29) is 42.1 Å². The maximum Gasteiger partial charge on any atom is 1.00 e. The van der Waals surface area contributed by atoms with E-state index in [1.807, 2.05) is 6.92 Å². The first kappa shape index (κ1) is 22.9. The number of carbonyl (C=O) groups excluding carboxylic acids is 1. The molecule has 0 aromatic carbocycles. The Balaban J connectivity index is 0. The van der Waals surface area contributed by atoms with Crippen molar-refractivity contribution in [3.05, 3.63) is 12.7 Å². The van der Waals surface area contributed by atoms with Crippen LogP contribution in [0.3, 0.4) is 0 Å². The van der Waals surface area contributed by atoms with E-state index in [1.165, 1.54) is 0 Å². The molecule has 7 nitrogen and oxygen atoms in total. The predicted molar refractivity (Wildman–Crippen MR) is 69.9 cm³/mol. The Morgan fingerprint density at radius 1 is 1.43 bits per heavy atom. The van der Waals surface area contributed by atoms with E-state index in [1.54, 1.807) is 6.08 Å². The van der Waals surface area contributed by atoms with Gasteiger partial charge in [0.2, 0.25) is 0 Å². The van der Waals surface area contributed by atoms with Gasteiger partial charge in [-0.05, 0) is 18.8 Å². The molecular weight excluding hydrogens is 311 g/mol. The number of ether oxygens (including phenoxy) is 1. The van der Waals surface area contributed by atoms with E-state index in [0.29, 0.717) is 0 Å². The van der Waals surface area contributed by atoms with Crippen molar-refractivity contribution in [2.45, 2.75) is 37.9 Å². The van der Waals surface area contributed by atoms with Gasteiger partial charge in [0.05, 0.1) is 13.0 Å². The average Bonchev–Trinajstić information content (AvgIpc) is 2.34. The molecular formula is C12H19NaO7S. The van der Waals surface area contributed by atoms with E-state index in [4.69, 9.17) is 9.84 Å².